The standard InChI is InChI=1S/C15H10N3.C12H8N3.Pt/c1-2-6-12(7-3-1)18-14-9-5-4-8-13(14)17-11-10-16-15(17)18;1-2-6-10-9(5-1)14-12(15-10)11-7-3-4-8-13-11;/h1-6,8-11H;1-8H;/q2*-1;+2. The Morgan fingerprint density at radius 2 is 1.53 bits per heavy atom. The van der Waals surface area contributed by atoms with Crippen LogP contribution >= 0.6 is 0 Å². The van der Waals surface area contributed by atoms with Gasteiger partial charge in [0.15, 0.2) is 0 Å². The summed E-state index contributed by atoms with van der Waals surface area (Å²) in [6.07, 6.45) is 5.55. The molecule has 7 rings (SSSR count). The van der Waals surface area contributed by atoms with Gasteiger partial charge in [-0.1, -0.05) is 48.2 Å². The molecule has 4 aromatic heterocycles. The van der Waals surface area contributed by atoms with Gasteiger partial charge in [-0.2, -0.15) is 24.3 Å². The maximum absolute atomic E-state index is 4.44. The molecule has 3 aromatic carbocycles. The first kappa shape index (κ1) is 21.8. The Kier molecular flexibility index (Phi) is 6.06. The zero-order valence-corrected chi connectivity index (χ0v) is 20.2. The summed E-state index contributed by atoms with van der Waals surface area (Å²) in [7, 11) is 0. The Bertz CT molecular complexity index is 1630. The van der Waals surface area contributed by atoms with Crippen molar-refractivity contribution in [2.75, 3.05) is 0 Å². The number of hydrogen-bond acceptors (Lipinski definition) is 3. The zero-order valence-electron chi connectivity index (χ0n) is 17.9. The van der Waals surface area contributed by atoms with Gasteiger partial charge in [0.25, 0.3) is 0 Å². The van der Waals surface area contributed by atoms with Crippen molar-refractivity contribution in [3.05, 3.63) is 116 Å². The molecular formula is C27H18N6Pt. The topological polar surface area (TPSA) is 62.1 Å². The summed E-state index contributed by atoms with van der Waals surface area (Å²) >= 11 is 0. The van der Waals surface area contributed by atoms with Crippen molar-refractivity contribution in [2.45, 2.75) is 0 Å². The number of fused-ring (bicyclic) bond motifs is 4. The van der Waals surface area contributed by atoms with E-state index in [1.807, 2.05) is 91.3 Å². The number of para-hydroxylation sites is 5. The van der Waals surface area contributed by atoms with E-state index in [1.165, 1.54) is 0 Å². The smallest absolute Gasteiger partial charge is 0.434 e. The number of aromatic nitrogens is 6. The van der Waals surface area contributed by atoms with Crippen molar-refractivity contribution in [1.82, 2.24) is 28.9 Å². The molecule has 0 radical (unpaired) electrons. The Hall–Kier alpha value is -4.02. The normalized spacial score (nSPS) is 10.7. The molecule has 0 aliphatic rings. The van der Waals surface area contributed by atoms with Crippen molar-refractivity contribution >= 4 is 27.8 Å². The molecular weight excluding hydrogens is 603 g/mol. The van der Waals surface area contributed by atoms with Crippen molar-refractivity contribution in [3.8, 4) is 17.2 Å². The van der Waals surface area contributed by atoms with Crippen LogP contribution in [0.15, 0.2) is 110 Å². The van der Waals surface area contributed by atoms with E-state index in [0.717, 1.165) is 39.2 Å². The second kappa shape index (κ2) is 9.46. The fourth-order valence-corrected chi connectivity index (χ4v) is 3.89. The van der Waals surface area contributed by atoms with Gasteiger partial charge in [-0.3, -0.25) is 9.38 Å². The van der Waals surface area contributed by atoms with Crippen molar-refractivity contribution in [2.24, 2.45) is 0 Å². The Morgan fingerprint density at radius 3 is 2.32 bits per heavy atom. The van der Waals surface area contributed by atoms with Gasteiger partial charge in [-0.25, -0.2) is 4.98 Å². The molecule has 0 aliphatic carbocycles. The van der Waals surface area contributed by atoms with Gasteiger partial charge in [0.05, 0.1) is 16.7 Å². The van der Waals surface area contributed by atoms with Crippen LogP contribution in [0.3, 0.4) is 0 Å². The minimum absolute atomic E-state index is 0. The van der Waals surface area contributed by atoms with Crippen LogP contribution in [0, 0.1) is 6.07 Å². The molecule has 0 bridgehead atoms. The van der Waals surface area contributed by atoms with Crippen LogP contribution in [0.1, 0.15) is 0 Å². The average Bonchev–Trinajstić information content (AvgIpc) is 3.60. The molecule has 0 unspecified atom stereocenters. The third kappa shape index (κ3) is 3.93. The number of pyridine rings is 1. The van der Waals surface area contributed by atoms with Crippen LogP contribution in [-0.2, 0) is 21.1 Å². The summed E-state index contributed by atoms with van der Waals surface area (Å²) in [5.41, 5.74) is 5.95. The van der Waals surface area contributed by atoms with Crippen LogP contribution in [0.2, 0.25) is 0 Å². The van der Waals surface area contributed by atoms with Crippen molar-refractivity contribution < 1.29 is 21.1 Å². The molecule has 0 spiro atoms. The fraction of sp³-hybridized carbons (Fsp3) is 0. The summed E-state index contributed by atoms with van der Waals surface area (Å²) < 4.78 is 4.21. The van der Waals surface area contributed by atoms with Gasteiger partial charge in [-0.05, 0) is 41.1 Å². The molecule has 0 fully saturated rings. The Morgan fingerprint density at radius 1 is 0.735 bits per heavy atom. The number of benzene rings is 3. The number of rotatable bonds is 2. The van der Waals surface area contributed by atoms with E-state index >= 15 is 0 Å². The van der Waals surface area contributed by atoms with E-state index in [0.29, 0.717) is 5.82 Å². The molecule has 0 N–H and O–H groups in total. The fourth-order valence-electron chi connectivity index (χ4n) is 3.89. The van der Waals surface area contributed by atoms with E-state index in [2.05, 4.69) is 47.1 Å². The van der Waals surface area contributed by atoms with Gasteiger partial charge >= 0.3 is 21.1 Å². The predicted molar refractivity (Wildman–Crippen MR) is 129 cm³/mol. The molecule has 7 aromatic rings. The first-order valence-electron chi connectivity index (χ1n) is 10.6. The maximum atomic E-state index is 4.44. The van der Waals surface area contributed by atoms with Crippen LogP contribution in [0.25, 0.3) is 45.1 Å². The predicted octanol–water partition coefficient (Wildman–Crippen LogP) is 5.33. The van der Waals surface area contributed by atoms with Crippen molar-refractivity contribution in [3.63, 3.8) is 0 Å². The van der Waals surface area contributed by atoms with E-state index < -0.39 is 0 Å². The summed E-state index contributed by atoms with van der Waals surface area (Å²) in [5.74, 6) is 1.61. The maximum Gasteiger partial charge on any atom is 2.00 e. The first-order valence-corrected chi connectivity index (χ1v) is 10.6. The first-order chi connectivity index (χ1) is 16.4. The number of nitrogens with zero attached hydrogens (tertiary/aromatic N) is 6. The molecule has 0 saturated carbocycles. The van der Waals surface area contributed by atoms with Gasteiger partial charge < -0.3 is 14.5 Å². The Balaban J connectivity index is 0.000000140. The summed E-state index contributed by atoms with van der Waals surface area (Å²) in [6, 6.07) is 33.0. The molecule has 7 heteroatoms. The average molecular weight is 622 g/mol. The minimum atomic E-state index is 0. The zero-order chi connectivity index (χ0) is 22.0. The van der Waals surface area contributed by atoms with E-state index in [-0.39, 0.29) is 21.1 Å². The molecule has 6 nitrogen and oxygen atoms in total. The molecule has 0 saturated heterocycles. The third-order valence-corrected chi connectivity index (χ3v) is 5.37. The minimum Gasteiger partial charge on any atom is -0.434 e. The second-order valence-electron chi connectivity index (χ2n) is 7.42. The molecule has 0 atom stereocenters. The molecule has 166 valence electrons. The van der Waals surface area contributed by atoms with Gasteiger partial charge in [0, 0.05) is 18.6 Å². The summed E-state index contributed by atoms with van der Waals surface area (Å²) in [6.45, 7) is 0. The summed E-state index contributed by atoms with van der Waals surface area (Å²) in [4.78, 5) is 17.5. The molecule has 0 amide bonds. The third-order valence-electron chi connectivity index (χ3n) is 5.37. The monoisotopic (exact) mass is 621 g/mol. The van der Waals surface area contributed by atoms with Gasteiger partial charge in [0.1, 0.15) is 0 Å². The van der Waals surface area contributed by atoms with E-state index in [4.69, 9.17) is 0 Å². The van der Waals surface area contributed by atoms with Gasteiger partial charge in [-0.15, -0.1) is 6.07 Å². The van der Waals surface area contributed by atoms with Crippen LogP contribution in [0.4, 0.5) is 0 Å². The van der Waals surface area contributed by atoms with Crippen LogP contribution in [0.5, 0.6) is 0 Å². The molecule has 34 heavy (non-hydrogen) atoms. The van der Waals surface area contributed by atoms with E-state index in [1.54, 1.807) is 6.20 Å². The number of hydrogen-bond donors (Lipinski definition) is 0. The largest absolute Gasteiger partial charge is 2.00 e. The van der Waals surface area contributed by atoms with Crippen molar-refractivity contribution in [1.29, 1.82) is 0 Å². The van der Waals surface area contributed by atoms with Crippen LogP contribution in [-0.4, -0.2) is 23.9 Å². The van der Waals surface area contributed by atoms with Gasteiger partial charge in [0.2, 0.25) is 5.78 Å². The van der Waals surface area contributed by atoms with Crippen LogP contribution < -0.4 is 4.98 Å². The Labute approximate surface area is 210 Å². The van der Waals surface area contributed by atoms with E-state index in [9.17, 15) is 0 Å². The number of imidazole rings is 3. The quantitative estimate of drug-likeness (QED) is 0.245. The SMILES string of the molecule is [Pt+2].[c-]1ccccc1-n1c2ccccc2n2ccnc12.c1ccc(-c2nc3ccccc3[n-]2)nc1. The molecule has 4 heterocycles. The molecule has 0 aliphatic heterocycles. The summed E-state index contributed by atoms with van der Waals surface area (Å²) in [5, 5.41) is 0. The second-order valence-corrected chi connectivity index (χ2v) is 7.42.